The van der Waals surface area contributed by atoms with Gasteiger partial charge in [-0.05, 0) is 44.1 Å². The van der Waals surface area contributed by atoms with E-state index in [1.165, 1.54) is 18.9 Å². The molecule has 94 valence electrons. The monoisotopic (exact) mass is 238 g/mol. The van der Waals surface area contributed by atoms with E-state index >= 15 is 0 Å². The summed E-state index contributed by atoms with van der Waals surface area (Å²) in [6.07, 6.45) is 2.44. The maximum atomic E-state index is 13.1. The van der Waals surface area contributed by atoms with Crippen molar-refractivity contribution in [1.82, 2.24) is 10.2 Å². The van der Waals surface area contributed by atoms with Crippen LogP contribution in [0, 0.1) is 5.82 Å². The van der Waals surface area contributed by atoms with E-state index in [1.807, 2.05) is 7.05 Å². The number of benzene rings is 1. The van der Waals surface area contributed by atoms with E-state index in [0.717, 1.165) is 24.7 Å². The highest BCUT2D eigenvalue weighted by molar-refractivity contribution is 5.28. The van der Waals surface area contributed by atoms with E-state index in [1.54, 1.807) is 6.07 Å². The first kappa shape index (κ1) is 12.3. The molecule has 2 N–H and O–H groups in total. The van der Waals surface area contributed by atoms with Crippen LogP contribution in [0.3, 0.4) is 0 Å². The SMILES string of the molecule is CN(Cc1cc(O)cc(F)c1)CC1CCCN1. The lowest BCUT2D eigenvalue weighted by Crippen LogP contribution is -2.34. The molecule has 0 saturated carbocycles. The molecule has 1 aromatic rings. The maximum Gasteiger partial charge on any atom is 0.127 e. The lowest BCUT2D eigenvalue weighted by molar-refractivity contribution is 0.292. The van der Waals surface area contributed by atoms with Gasteiger partial charge in [0, 0.05) is 25.2 Å². The third kappa shape index (κ3) is 3.68. The number of phenols is 1. The lowest BCUT2D eigenvalue weighted by Gasteiger charge is -2.21. The normalized spacial score (nSPS) is 20.1. The first-order valence-electron chi connectivity index (χ1n) is 6.04. The molecule has 0 bridgehead atoms. The Balaban J connectivity index is 1.90. The highest BCUT2D eigenvalue weighted by atomic mass is 19.1. The van der Waals surface area contributed by atoms with E-state index in [2.05, 4.69) is 10.2 Å². The molecule has 1 saturated heterocycles. The van der Waals surface area contributed by atoms with Crippen molar-refractivity contribution < 1.29 is 9.50 Å². The fourth-order valence-electron chi connectivity index (χ4n) is 2.39. The van der Waals surface area contributed by atoms with Crippen LogP contribution in [-0.2, 0) is 6.54 Å². The lowest BCUT2D eigenvalue weighted by atomic mass is 10.1. The summed E-state index contributed by atoms with van der Waals surface area (Å²) in [5, 5.41) is 12.8. The van der Waals surface area contributed by atoms with Crippen LogP contribution in [0.1, 0.15) is 18.4 Å². The molecule has 1 heterocycles. The highest BCUT2D eigenvalue weighted by Crippen LogP contribution is 2.16. The van der Waals surface area contributed by atoms with Gasteiger partial charge in [-0.15, -0.1) is 0 Å². The Bertz CT molecular complexity index is 357. The number of phenolic OH excluding ortho intramolecular Hbond substituents is 1. The highest BCUT2D eigenvalue weighted by Gasteiger charge is 2.16. The van der Waals surface area contributed by atoms with Crippen molar-refractivity contribution in [3.05, 3.63) is 29.6 Å². The molecule has 0 amide bonds. The molecule has 0 aliphatic carbocycles. The molecule has 0 radical (unpaired) electrons. The molecule has 1 unspecified atom stereocenters. The molecule has 17 heavy (non-hydrogen) atoms. The molecule has 1 aromatic carbocycles. The summed E-state index contributed by atoms with van der Waals surface area (Å²) in [6.45, 7) is 2.71. The maximum absolute atomic E-state index is 13.1. The van der Waals surface area contributed by atoms with Gasteiger partial charge in [-0.3, -0.25) is 0 Å². The average Bonchev–Trinajstić information content (AvgIpc) is 2.67. The zero-order valence-electron chi connectivity index (χ0n) is 10.1. The van der Waals surface area contributed by atoms with Crippen molar-refractivity contribution in [3.8, 4) is 5.75 Å². The first-order valence-corrected chi connectivity index (χ1v) is 6.04. The predicted octanol–water partition coefficient (Wildman–Crippen LogP) is 1.72. The number of hydrogen-bond donors (Lipinski definition) is 2. The number of aromatic hydroxyl groups is 1. The quantitative estimate of drug-likeness (QED) is 0.838. The van der Waals surface area contributed by atoms with Crippen molar-refractivity contribution in [2.24, 2.45) is 0 Å². The Morgan fingerprint density at radius 2 is 2.29 bits per heavy atom. The van der Waals surface area contributed by atoms with Crippen LogP contribution in [0.2, 0.25) is 0 Å². The van der Waals surface area contributed by atoms with Crippen LogP contribution >= 0.6 is 0 Å². The molecule has 4 heteroatoms. The Labute approximate surface area is 101 Å². The molecule has 1 aliphatic heterocycles. The van der Waals surface area contributed by atoms with Gasteiger partial charge in [-0.2, -0.15) is 0 Å². The number of nitrogens with zero attached hydrogens (tertiary/aromatic N) is 1. The van der Waals surface area contributed by atoms with Gasteiger partial charge in [-0.1, -0.05) is 0 Å². The topological polar surface area (TPSA) is 35.5 Å². The number of rotatable bonds is 4. The molecular weight excluding hydrogens is 219 g/mol. The van der Waals surface area contributed by atoms with Crippen LogP contribution in [0.5, 0.6) is 5.75 Å². The Morgan fingerprint density at radius 1 is 1.47 bits per heavy atom. The van der Waals surface area contributed by atoms with Crippen molar-refractivity contribution in [3.63, 3.8) is 0 Å². The molecular formula is C13H19FN2O. The second kappa shape index (κ2) is 5.47. The van der Waals surface area contributed by atoms with Crippen molar-refractivity contribution >= 4 is 0 Å². The van der Waals surface area contributed by atoms with Gasteiger partial charge in [0.1, 0.15) is 11.6 Å². The summed E-state index contributed by atoms with van der Waals surface area (Å²) in [5.74, 6) is -0.389. The standard InChI is InChI=1S/C13H19FN2O/c1-16(9-12-3-2-4-15-12)8-10-5-11(14)7-13(17)6-10/h5-7,12,15,17H,2-4,8-9H2,1H3. The molecule has 3 nitrogen and oxygen atoms in total. The van der Waals surface area contributed by atoms with Gasteiger partial charge in [0.2, 0.25) is 0 Å². The van der Waals surface area contributed by atoms with Crippen molar-refractivity contribution in [2.45, 2.75) is 25.4 Å². The van der Waals surface area contributed by atoms with Crippen molar-refractivity contribution in [1.29, 1.82) is 0 Å². The summed E-state index contributed by atoms with van der Waals surface area (Å²) in [5.41, 5.74) is 0.808. The minimum Gasteiger partial charge on any atom is -0.508 e. The molecule has 0 aromatic heterocycles. The fourth-order valence-corrected chi connectivity index (χ4v) is 2.39. The smallest absolute Gasteiger partial charge is 0.127 e. The van der Waals surface area contributed by atoms with Gasteiger partial charge in [0.05, 0.1) is 0 Å². The van der Waals surface area contributed by atoms with Gasteiger partial charge in [0.25, 0.3) is 0 Å². The molecule has 1 atom stereocenters. The van der Waals surface area contributed by atoms with Crippen LogP contribution in [0.25, 0.3) is 0 Å². The minimum atomic E-state index is -0.382. The first-order chi connectivity index (χ1) is 8.13. The van der Waals surface area contributed by atoms with Crippen molar-refractivity contribution in [2.75, 3.05) is 20.1 Å². The fraction of sp³-hybridized carbons (Fsp3) is 0.538. The minimum absolute atomic E-state index is 0.00705. The van der Waals surface area contributed by atoms with E-state index < -0.39 is 0 Å². The van der Waals surface area contributed by atoms with Gasteiger partial charge in [0.15, 0.2) is 0 Å². The van der Waals surface area contributed by atoms with Crippen LogP contribution in [0.4, 0.5) is 4.39 Å². The second-order valence-electron chi connectivity index (χ2n) is 4.81. The third-order valence-corrected chi connectivity index (χ3v) is 3.09. The number of nitrogens with one attached hydrogen (secondary N) is 1. The summed E-state index contributed by atoms with van der Waals surface area (Å²) >= 11 is 0. The Morgan fingerprint density at radius 3 is 2.94 bits per heavy atom. The predicted molar refractivity (Wildman–Crippen MR) is 65.4 cm³/mol. The van der Waals surface area contributed by atoms with Gasteiger partial charge >= 0.3 is 0 Å². The van der Waals surface area contributed by atoms with Crippen LogP contribution in [0.15, 0.2) is 18.2 Å². The molecule has 1 fully saturated rings. The summed E-state index contributed by atoms with van der Waals surface area (Å²) in [6, 6.07) is 4.75. The van der Waals surface area contributed by atoms with Crippen LogP contribution in [-0.4, -0.2) is 36.2 Å². The molecule has 0 spiro atoms. The average molecular weight is 238 g/mol. The third-order valence-electron chi connectivity index (χ3n) is 3.09. The number of hydrogen-bond acceptors (Lipinski definition) is 3. The van der Waals surface area contributed by atoms with E-state index in [0.29, 0.717) is 12.6 Å². The van der Waals surface area contributed by atoms with Gasteiger partial charge < -0.3 is 15.3 Å². The zero-order chi connectivity index (χ0) is 12.3. The number of halogens is 1. The van der Waals surface area contributed by atoms with Crippen LogP contribution < -0.4 is 5.32 Å². The Hall–Kier alpha value is -1.13. The molecule has 1 aliphatic rings. The number of likely N-dealkylation sites (N-methyl/N-ethyl adjacent to an activating group) is 1. The van der Waals surface area contributed by atoms with E-state index in [-0.39, 0.29) is 11.6 Å². The zero-order valence-corrected chi connectivity index (χ0v) is 10.1. The van der Waals surface area contributed by atoms with E-state index in [9.17, 15) is 9.50 Å². The molecule has 2 rings (SSSR count). The Kier molecular flexibility index (Phi) is 3.97. The summed E-state index contributed by atoms with van der Waals surface area (Å²) < 4.78 is 13.1. The largest absolute Gasteiger partial charge is 0.508 e. The van der Waals surface area contributed by atoms with E-state index in [4.69, 9.17) is 0 Å². The summed E-state index contributed by atoms with van der Waals surface area (Å²) in [4.78, 5) is 2.15. The van der Waals surface area contributed by atoms with Gasteiger partial charge in [-0.25, -0.2) is 4.39 Å². The second-order valence-corrected chi connectivity index (χ2v) is 4.81. The summed E-state index contributed by atoms with van der Waals surface area (Å²) in [7, 11) is 2.02.